The van der Waals surface area contributed by atoms with E-state index in [1.165, 1.54) is 13.8 Å². The fourth-order valence-electron chi connectivity index (χ4n) is 2.35. The van der Waals surface area contributed by atoms with E-state index in [4.69, 9.17) is 16.3 Å². The van der Waals surface area contributed by atoms with Crippen LogP contribution in [0, 0.1) is 6.92 Å². The van der Waals surface area contributed by atoms with Crippen molar-refractivity contribution >= 4 is 40.8 Å². The standard InChI is InChI=1S/C20H21ClN2O4/c1-12-17(21)5-4-6-18(12)23-20(26)13(2)27-19(25)11-15-7-9-16(10-8-15)22-14(3)24/h4-10,13H,11H2,1-3H3,(H,22,24)(H,23,26)/t13-/m0/s1. The first-order valence-corrected chi connectivity index (χ1v) is 8.76. The number of carbonyl (C=O) groups excluding carboxylic acids is 3. The van der Waals surface area contributed by atoms with Crippen LogP contribution in [0.25, 0.3) is 0 Å². The molecule has 0 bridgehead atoms. The predicted molar refractivity (Wildman–Crippen MR) is 105 cm³/mol. The van der Waals surface area contributed by atoms with E-state index in [9.17, 15) is 14.4 Å². The molecule has 2 N–H and O–H groups in total. The van der Waals surface area contributed by atoms with E-state index >= 15 is 0 Å². The second-order valence-corrected chi connectivity index (χ2v) is 6.50. The van der Waals surface area contributed by atoms with Crippen LogP contribution in [-0.2, 0) is 25.5 Å². The summed E-state index contributed by atoms with van der Waals surface area (Å²) in [7, 11) is 0. The van der Waals surface area contributed by atoms with Crippen molar-refractivity contribution in [2.45, 2.75) is 33.3 Å². The van der Waals surface area contributed by atoms with E-state index in [1.54, 1.807) is 49.4 Å². The van der Waals surface area contributed by atoms with Gasteiger partial charge in [-0.05, 0) is 49.2 Å². The average molecular weight is 389 g/mol. The van der Waals surface area contributed by atoms with Gasteiger partial charge in [0, 0.05) is 23.3 Å². The van der Waals surface area contributed by atoms with Crippen LogP contribution in [0.1, 0.15) is 25.0 Å². The predicted octanol–water partition coefficient (Wildman–Crippen LogP) is 3.72. The van der Waals surface area contributed by atoms with Crippen molar-refractivity contribution in [3.05, 3.63) is 58.6 Å². The fourth-order valence-corrected chi connectivity index (χ4v) is 2.52. The molecule has 0 radical (unpaired) electrons. The highest BCUT2D eigenvalue weighted by Crippen LogP contribution is 2.23. The molecule has 0 saturated heterocycles. The normalized spacial score (nSPS) is 11.4. The van der Waals surface area contributed by atoms with Gasteiger partial charge in [0.1, 0.15) is 0 Å². The highest BCUT2D eigenvalue weighted by Gasteiger charge is 2.19. The lowest BCUT2D eigenvalue weighted by molar-refractivity contribution is -0.152. The molecule has 0 aliphatic heterocycles. The Kier molecular flexibility index (Phi) is 6.96. The molecule has 2 amide bonds. The van der Waals surface area contributed by atoms with Crippen LogP contribution in [0.15, 0.2) is 42.5 Å². The number of nitrogens with one attached hydrogen (secondary N) is 2. The maximum atomic E-state index is 12.2. The minimum atomic E-state index is -0.950. The quantitative estimate of drug-likeness (QED) is 0.738. The van der Waals surface area contributed by atoms with Crippen LogP contribution in [0.3, 0.4) is 0 Å². The number of rotatable bonds is 6. The third kappa shape index (κ3) is 6.11. The molecule has 0 aliphatic carbocycles. The summed E-state index contributed by atoms with van der Waals surface area (Å²) in [4.78, 5) is 35.3. The smallest absolute Gasteiger partial charge is 0.311 e. The highest BCUT2D eigenvalue weighted by atomic mass is 35.5. The van der Waals surface area contributed by atoms with Gasteiger partial charge < -0.3 is 15.4 Å². The Morgan fingerprint density at radius 1 is 1.07 bits per heavy atom. The third-order valence-electron chi connectivity index (χ3n) is 3.83. The molecule has 7 heteroatoms. The molecule has 142 valence electrons. The summed E-state index contributed by atoms with van der Waals surface area (Å²) in [5.41, 5.74) is 2.67. The van der Waals surface area contributed by atoms with Crippen molar-refractivity contribution in [3.63, 3.8) is 0 Å². The van der Waals surface area contributed by atoms with Crippen molar-refractivity contribution in [2.24, 2.45) is 0 Å². The van der Waals surface area contributed by atoms with Crippen molar-refractivity contribution in [1.82, 2.24) is 0 Å². The first-order chi connectivity index (χ1) is 12.8. The van der Waals surface area contributed by atoms with Gasteiger partial charge in [-0.3, -0.25) is 14.4 Å². The zero-order chi connectivity index (χ0) is 20.0. The van der Waals surface area contributed by atoms with Crippen LogP contribution in [-0.4, -0.2) is 23.9 Å². The first-order valence-electron chi connectivity index (χ1n) is 8.38. The lowest BCUT2D eigenvalue weighted by atomic mass is 10.1. The van der Waals surface area contributed by atoms with Crippen molar-refractivity contribution in [1.29, 1.82) is 0 Å². The molecule has 1 atom stereocenters. The number of amides is 2. The number of anilines is 2. The number of halogens is 1. The molecule has 2 aromatic carbocycles. The van der Waals surface area contributed by atoms with Gasteiger partial charge in [-0.1, -0.05) is 29.8 Å². The molecule has 0 spiro atoms. The van der Waals surface area contributed by atoms with E-state index in [0.29, 0.717) is 22.0 Å². The van der Waals surface area contributed by atoms with Gasteiger partial charge in [0.25, 0.3) is 5.91 Å². The fraction of sp³-hybridized carbons (Fsp3) is 0.250. The van der Waals surface area contributed by atoms with Gasteiger partial charge >= 0.3 is 5.97 Å². The Morgan fingerprint density at radius 3 is 2.37 bits per heavy atom. The SMILES string of the molecule is CC(=O)Nc1ccc(CC(=O)O[C@@H](C)C(=O)Nc2cccc(Cl)c2C)cc1. The lowest BCUT2D eigenvalue weighted by Gasteiger charge is -2.15. The van der Waals surface area contributed by atoms with Crippen molar-refractivity contribution in [2.75, 3.05) is 10.6 Å². The van der Waals surface area contributed by atoms with Crippen LogP contribution in [0.5, 0.6) is 0 Å². The van der Waals surface area contributed by atoms with Crippen molar-refractivity contribution < 1.29 is 19.1 Å². The molecule has 0 heterocycles. The zero-order valence-corrected chi connectivity index (χ0v) is 16.1. The van der Waals surface area contributed by atoms with Crippen LogP contribution < -0.4 is 10.6 Å². The topological polar surface area (TPSA) is 84.5 Å². The largest absolute Gasteiger partial charge is 0.452 e. The van der Waals surface area contributed by atoms with Gasteiger partial charge in [-0.15, -0.1) is 0 Å². The van der Waals surface area contributed by atoms with Gasteiger partial charge in [-0.2, -0.15) is 0 Å². The van der Waals surface area contributed by atoms with E-state index in [2.05, 4.69) is 10.6 Å². The number of benzene rings is 2. The summed E-state index contributed by atoms with van der Waals surface area (Å²) in [5.74, 6) is -1.13. The van der Waals surface area contributed by atoms with E-state index in [-0.39, 0.29) is 12.3 Å². The Morgan fingerprint density at radius 2 is 1.74 bits per heavy atom. The molecule has 2 aromatic rings. The number of esters is 1. The van der Waals surface area contributed by atoms with Gasteiger partial charge in [0.2, 0.25) is 5.91 Å². The summed E-state index contributed by atoms with van der Waals surface area (Å²) >= 11 is 6.03. The highest BCUT2D eigenvalue weighted by molar-refractivity contribution is 6.31. The number of carbonyl (C=O) groups is 3. The van der Waals surface area contributed by atoms with Crippen LogP contribution in [0.4, 0.5) is 11.4 Å². The van der Waals surface area contributed by atoms with E-state index < -0.39 is 18.0 Å². The lowest BCUT2D eigenvalue weighted by Crippen LogP contribution is -2.30. The molecule has 0 unspecified atom stereocenters. The molecule has 27 heavy (non-hydrogen) atoms. The second kappa shape index (κ2) is 9.19. The summed E-state index contributed by atoms with van der Waals surface area (Å²) in [6, 6.07) is 12.0. The molecular weight excluding hydrogens is 368 g/mol. The van der Waals surface area contributed by atoms with E-state index in [0.717, 1.165) is 5.56 Å². The Balaban J connectivity index is 1.89. The maximum absolute atomic E-state index is 12.2. The molecule has 0 aliphatic rings. The molecular formula is C20H21ClN2O4. The molecule has 0 saturated carbocycles. The summed E-state index contributed by atoms with van der Waals surface area (Å²) in [6.07, 6.45) is -0.928. The Bertz CT molecular complexity index is 850. The summed E-state index contributed by atoms with van der Waals surface area (Å²) in [6.45, 7) is 4.72. The summed E-state index contributed by atoms with van der Waals surface area (Å²) < 4.78 is 5.20. The second-order valence-electron chi connectivity index (χ2n) is 6.09. The summed E-state index contributed by atoms with van der Waals surface area (Å²) in [5, 5.41) is 5.89. The molecule has 2 rings (SSSR count). The average Bonchev–Trinajstić information content (AvgIpc) is 2.60. The molecule has 0 aromatic heterocycles. The molecule has 0 fully saturated rings. The first kappa shape index (κ1) is 20.5. The monoisotopic (exact) mass is 388 g/mol. The van der Waals surface area contributed by atoms with Gasteiger partial charge in [-0.25, -0.2) is 0 Å². The van der Waals surface area contributed by atoms with Crippen LogP contribution >= 0.6 is 11.6 Å². The molecule has 6 nitrogen and oxygen atoms in total. The zero-order valence-electron chi connectivity index (χ0n) is 15.3. The Labute approximate surface area is 162 Å². The van der Waals surface area contributed by atoms with Crippen molar-refractivity contribution in [3.8, 4) is 0 Å². The maximum Gasteiger partial charge on any atom is 0.311 e. The van der Waals surface area contributed by atoms with Gasteiger partial charge in [0.05, 0.1) is 6.42 Å². The third-order valence-corrected chi connectivity index (χ3v) is 4.24. The number of hydrogen-bond donors (Lipinski definition) is 2. The minimum Gasteiger partial charge on any atom is -0.452 e. The number of hydrogen-bond acceptors (Lipinski definition) is 4. The van der Waals surface area contributed by atoms with E-state index in [1.807, 2.05) is 0 Å². The van der Waals surface area contributed by atoms with Gasteiger partial charge in [0.15, 0.2) is 6.10 Å². The Hall–Kier alpha value is -2.86. The number of ether oxygens (including phenoxy) is 1. The minimum absolute atomic E-state index is 0.0220. The van der Waals surface area contributed by atoms with Crippen LogP contribution in [0.2, 0.25) is 5.02 Å².